The predicted molar refractivity (Wildman–Crippen MR) is 110 cm³/mol. The number of non-ortho nitro benzene ring substituents is 1. The van der Waals surface area contributed by atoms with E-state index in [1.807, 2.05) is 37.5 Å². The van der Waals surface area contributed by atoms with Crippen molar-refractivity contribution in [2.45, 2.75) is 6.92 Å². The van der Waals surface area contributed by atoms with Crippen LogP contribution in [0.2, 0.25) is 0 Å². The minimum absolute atomic E-state index is 0.0197. The second kappa shape index (κ2) is 7.16. The molecule has 1 amide bonds. The number of fused-ring (bicyclic) bond motifs is 1. The number of hydrogen-bond donors (Lipinski definition) is 1. The number of nitro groups is 1. The maximum Gasteiger partial charge on any atom is 0.269 e. The van der Waals surface area contributed by atoms with Crippen molar-refractivity contribution in [3.8, 4) is 11.3 Å². The number of nitrogens with zero attached hydrogens (tertiary/aromatic N) is 4. The molecular formula is C21H17N5O3. The monoisotopic (exact) mass is 387 g/mol. The molecule has 0 atom stereocenters. The van der Waals surface area contributed by atoms with Gasteiger partial charge in [0.05, 0.1) is 27.9 Å². The molecular weight excluding hydrogens is 370 g/mol. The number of aromatic nitrogens is 3. The molecule has 0 fully saturated rings. The van der Waals surface area contributed by atoms with Crippen LogP contribution in [0.15, 0.2) is 60.9 Å². The van der Waals surface area contributed by atoms with Gasteiger partial charge in [-0.1, -0.05) is 18.2 Å². The van der Waals surface area contributed by atoms with Gasteiger partial charge in [0.15, 0.2) is 0 Å². The molecule has 4 rings (SSSR count). The van der Waals surface area contributed by atoms with Crippen molar-refractivity contribution < 1.29 is 9.72 Å². The molecule has 0 aliphatic heterocycles. The first kappa shape index (κ1) is 18.3. The van der Waals surface area contributed by atoms with E-state index in [9.17, 15) is 14.9 Å². The van der Waals surface area contributed by atoms with Crippen molar-refractivity contribution in [3.63, 3.8) is 0 Å². The van der Waals surface area contributed by atoms with Gasteiger partial charge in [0, 0.05) is 42.0 Å². The van der Waals surface area contributed by atoms with Gasteiger partial charge < -0.3 is 5.32 Å². The van der Waals surface area contributed by atoms with Crippen molar-refractivity contribution in [2.75, 3.05) is 5.32 Å². The van der Waals surface area contributed by atoms with E-state index in [4.69, 9.17) is 0 Å². The van der Waals surface area contributed by atoms with E-state index in [1.165, 1.54) is 18.2 Å². The van der Waals surface area contributed by atoms with E-state index >= 15 is 0 Å². The van der Waals surface area contributed by atoms with Crippen LogP contribution in [-0.2, 0) is 7.05 Å². The normalized spacial score (nSPS) is 10.8. The predicted octanol–water partition coefficient (Wildman–Crippen LogP) is 4.10. The maximum absolute atomic E-state index is 13.1. The molecule has 1 N–H and O–H groups in total. The molecule has 0 saturated carbocycles. The fourth-order valence-corrected chi connectivity index (χ4v) is 3.16. The highest BCUT2D eigenvalue weighted by atomic mass is 16.6. The quantitative estimate of drug-likeness (QED) is 0.419. The Morgan fingerprint density at radius 2 is 1.97 bits per heavy atom. The molecule has 2 heterocycles. The molecule has 2 aromatic carbocycles. The number of amides is 1. The molecule has 0 spiro atoms. The molecule has 0 radical (unpaired) electrons. The lowest BCUT2D eigenvalue weighted by molar-refractivity contribution is -0.384. The van der Waals surface area contributed by atoms with Crippen LogP contribution in [-0.4, -0.2) is 25.6 Å². The Morgan fingerprint density at radius 1 is 1.17 bits per heavy atom. The van der Waals surface area contributed by atoms with Crippen LogP contribution < -0.4 is 5.32 Å². The zero-order valence-corrected chi connectivity index (χ0v) is 15.8. The molecule has 4 aromatic rings. The average molecular weight is 387 g/mol. The Hall–Kier alpha value is -4.07. The van der Waals surface area contributed by atoms with Crippen LogP contribution in [0.1, 0.15) is 15.9 Å². The standard InChI is InChI=1S/C21H17N5O3/c1-13-9-15(26(28)29)7-8-18(13)24-21(27)17-10-20(14-11-22-25(2)12-14)23-19-6-4-3-5-16(17)19/h3-12H,1-2H3,(H,24,27). The lowest BCUT2D eigenvalue weighted by atomic mass is 10.0. The third kappa shape index (κ3) is 3.55. The summed E-state index contributed by atoms with van der Waals surface area (Å²) in [6.45, 7) is 1.72. The number of para-hydroxylation sites is 1. The molecule has 0 bridgehead atoms. The number of benzene rings is 2. The van der Waals surface area contributed by atoms with Crippen LogP contribution in [0.25, 0.3) is 22.2 Å². The topological polar surface area (TPSA) is 103 Å². The van der Waals surface area contributed by atoms with Gasteiger partial charge in [-0.15, -0.1) is 0 Å². The second-order valence-corrected chi connectivity index (χ2v) is 6.69. The first-order valence-corrected chi connectivity index (χ1v) is 8.87. The number of pyridine rings is 1. The molecule has 0 saturated heterocycles. The Balaban J connectivity index is 1.76. The largest absolute Gasteiger partial charge is 0.322 e. The van der Waals surface area contributed by atoms with Gasteiger partial charge in [-0.3, -0.25) is 19.6 Å². The van der Waals surface area contributed by atoms with Crippen LogP contribution in [0, 0.1) is 17.0 Å². The van der Waals surface area contributed by atoms with E-state index in [0.29, 0.717) is 28.0 Å². The number of carbonyl (C=O) groups is 1. The lowest BCUT2D eigenvalue weighted by Gasteiger charge is -2.11. The summed E-state index contributed by atoms with van der Waals surface area (Å²) in [5, 5.41) is 18.7. The summed E-state index contributed by atoms with van der Waals surface area (Å²) in [5.74, 6) is -0.314. The SMILES string of the molecule is Cc1cc([N+](=O)[O-])ccc1NC(=O)c1cc(-c2cnn(C)c2)nc2ccccc12. The third-order valence-electron chi connectivity index (χ3n) is 4.63. The zero-order chi connectivity index (χ0) is 20.5. The Bertz CT molecular complexity index is 1260. The van der Waals surface area contributed by atoms with E-state index in [1.54, 1.807) is 23.9 Å². The molecule has 8 nitrogen and oxygen atoms in total. The van der Waals surface area contributed by atoms with Crippen LogP contribution in [0.3, 0.4) is 0 Å². The van der Waals surface area contributed by atoms with E-state index in [0.717, 1.165) is 10.9 Å². The summed E-state index contributed by atoms with van der Waals surface area (Å²) in [7, 11) is 1.82. The first-order valence-electron chi connectivity index (χ1n) is 8.87. The zero-order valence-electron chi connectivity index (χ0n) is 15.8. The summed E-state index contributed by atoms with van der Waals surface area (Å²) in [4.78, 5) is 28.2. The minimum Gasteiger partial charge on any atom is -0.322 e. The summed E-state index contributed by atoms with van der Waals surface area (Å²) in [6, 6.07) is 13.5. The molecule has 29 heavy (non-hydrogen) atoms. The number of nitrogens with one attached hydrogen (secondary N) is 1. The maximum atomic E-state index is 13.1. The van der Waals surface area contributed by atoms with Gasteiger partial charge in [-0.05, 0) is 30.7 Å². The van der Waals surface area contributed by atoms with Gasteiger partial charge in [-0.2, -0.15) is 5.10 Å². The van der Waals surface area contributed by atoms with Crippen LogP contribution in [0.5, 0.6) is 0 Å². The van der Waals surface area contributed by atoms with E-state index in [2.05, 4.69) is 15.4 Å². The van der Waals surface area contributed by atoms with E-state index < -0.39 is 4.92 Å². The fraction of sp³-hybridized carbons (Fsp3) is 0.0952. The number of nitro benzene ring substituents is 1. The molecule has 0 aliphatic rings. The Morgan fingerprint density at radius 3 is 2.66 bits per heavy atom. The van der Waals surface area contributed by atoms with Crippen molar-refractivity contribution in [1.29, 1.82) is 0 Å². The van der Waals surface area contributed by atoms with Crippen molar-refractivity contribution >= 4 is 28.2 Å². The first-order chi connectivity index (χ1) is 13.9. The highest BCUT2D eigenvalue weighted by Gasteiger charge is 2.16. The van der Waals surface area contributed by atoms with Crippen molar-refractivity contribution in [2.24, 2.45) is 7.05 Å². The number of aryl methyl sites for hydroxylation is 2. The van der Waals surface area contributed by atoms with Gasteiger partial charge >= 0.3 is 0 Å². The Labute approximate surface area is 166 Å². The average Bonchev–Trinajstić information content (AvgIpc) is 3.14. The van der Waals surface area contributed by atoms with Gasteiger partial charge in [0.25, 0.3) is 11.6 Å². The molecule has 144 valence electrons. The molecule has 0 aliphatic carbocycles. The smallest absolute Gasteiger partial charge is 0.269 e. The third-order valence-corrected chi connectivity index (χ3v) is 4.63. The summed E-state index contributed by atoms with van der Waals surface area (Å²) >= 11 is 0. The van der Waals surface area contributed by atoms with Crippen LogP contribution >= 0.6 is 0 Å². The highest BCUT2D eigenvalue weighted by molar-refractivity contribution is 6.13. The summed E-state index contributed by atoms with van der Waals surface area (Å²) < 4.78 is 1.67. The Kier molecular flexibility index (Phi) is 4.52. The molecule has 0 unspecified atom stereocenters. The minimum atomic E-state index is -0.463. The number of rotatable bonds is 4. The van der Waals surface area contributed by atoms with E-state index in [-0.39, 0.29) is 11.6 Å². The fourth-order valence-electron chi connectivity index (χ4n) is 3.16. The van der Waals surface area contributed by atoms with Crippen LogP contribution in [0.4, 0.5) is 11.4 Å². The summed E-state index contributed by atoms with van der Waals surface area (Å²) in [6.07, 6.45) is 3.53. The van der Waals surface area contributed by atoms with Gasteiger partial charge in [0.1, 0.15) is 0 Å². The lowest BCUT2D eigenvalue weighted by Crippen LogP contribution is -2.14. The van der Waals surface area contributed by atoms with Crippen molar-refractivity contribution in [3.05, 3.63) is 82.2 Å². The molecule has 2 aromatic heterocycles. The number of anilines is 1. The highest BCUT2D eigenvalue weighted by Crippen LogP contribution is 2.27. The van der Waals surface area contributed by atoms with Gasteiger partial charge in [0.2, 0.25) is 0 Å². The van der Waals surface area contributed by atoms with Gasteiger partial charge in [-0.25, -0.2) is 4.98 Å². The number of carbonyl (C=O) groups excluding carboxylic acids is 1. The second-order valence-electron chi connectivity index (χ2n) is 6.69. The molecule has 8 heteroatoms. The van der Waals surface area contributed by atoms with Crippen molar-refractivity contribution in [1.82, 2.24) is 14.8 Å². The summed E-state index contributed by atoms with van der Waals surface area (Å²) in [5.41, 5.74) is 3.71. The number of hydrogen-bond acceptors (Lipinski definition) is 5.